The van der Waals surface area contributed by atoms with Gasteiger partial charge in [-0.05, 0) is 48.7 Å². The van der Waals surface area contributed by atoms with E-state index in [4.69, 9.17) is 11.6 Å². The van der Waals surface area contributed by atoms with Crippen LogP contribution in [0.1, 0.15) is 33.8 Å². The first-order chi connectivity index (χ1) is 10.0. The van der Waals surface area contributed by atoms with E-state index >= 15 is 0 Å². The number of halogens is 2. The van der Waals surface area contributed by atoms with Gasteiger partial charge in [0.1, 0.15) is 0 Å². The predicted octanol–water partition coefficient (Wildman–Crippen LogP) is 4.70. The number of carbonyl (C=O) groups is 1. The van der Waals surface area contributed by atoms with Gasteiger partial charge in [-0.2, -0.15) is 0 Å². The molecule has 2 aromatic carbocycles. The number of amides is 1. The van der Waals surface area contributed by atoms with E-state index in [0.717, 1.165) is 27.0 Å². The van der Waals surface area contributed by atoms with Crippen LogP contribution in [-0.4, -0.2) is 11.9 Å². The second-order valence-electron chi connectivity index (χ2n) is 5.43. The Bertz CT molecular complexity index is 684. The molecule has 1 fully saturated rings. The molecule has 0 heterocycles. The molecule has 0 spiro atoms. The Morgan fingerprint density at radius 1 is 1.24 bits per heavy atom. The maximum absolute atomic E-state index is 12.3. The van der Waals surface area contributed by atoms with E-state index < -0.39 is 0 Å². The second kappa shape index (κ2) is 5.82. The molecule has 0 unspecified atom stereocenters. The van der Waals surface area contributed by atoms with Gasteiger partial charge < -0.3 is 5.32 Å². The van der Waals surface area contributed by atoms with Gasteiger partial charge in [0.15, 0.2) is 0 Å². The van der Waals surface area contributed by atoms with Crippen molar-refractivity contribution in [1.82, 2.24) is 5.32 Å². The highest BCUT2D eigenvalue weighted by atomic mass is 79.9. The van der Waals surface area contributed by atoms with Gasteiger partial charge in [0.2, 0.25) is 0 Å². The van der Waals surface area contributed by atoms with Gasteiger partial charge in [0, 0.05) is 27.0 Å². The summed E-state index contributed by atoms with van der Waals surface area (Å²) in [4.78, 5) is 12.3. The van der Waals surface area contributed by atoms with Crippen LogP contribution in [0, 0.1) is 6.92 Å². The van der Waals surface area contributed by atoms with Crippen LogP contribution >= 0.6 is 27.5 Å². The van der Waals surface area contributed by atoms with Crippen molar-refractivity contribution < 1.29 is 4.79 Å². The zero-order chi connectivity index (χ0) is 15.0. The average molecular weight is 365 g/mol. The summed E-state index contributed by atoms with van der Waals surface area (Å²) < 4.78 is 0.920. The molecule has 0 saturated heterocycles. The van der Waals surface area contributed by atoms with Crippen molar-refractivity contribution in [2.75, 3.05) is 0 Å². The van der Waals surface area contributed by atoms with Gasteiger partial charge in [-0.3, -0.25) is 4.79 Å². The smallest absolute Gasteiger partial charge is 0.251 e. The highest BCUT2D eigenvalue weighted by Crippen LogP contribution is 2.41. The maximum Gasteiger partial charge on any atom is 0.251 e. The summed E-state index contributed by atoms with van der Waals surface area (Å²) in [5.41, 5.74) is 2.95. The fraction of sp³-hybridized carbons (Fsp3) is 0.235. The van der Waals surface area contributed by atoms with E-state index in [1.165, 1.54) is 5.56 Å². The Kier molecular flexibility index (Phi) is 4.05. The largest absolute Gasteiger partial charge is 0.349 e. The number of hydrogen-bond donors (Lipinski definition) is 1. The van der Waals surface area contributed by atoms with Crippen LogP contribution < -0.4 is 5.32 Å². The topological polar surface area (TPSA) is 29.1 Å². The molecule has 108 valence electrons. The zero-order valence-corrected chi connectivity index (χ0v) is 13.9. The summed E-state index contributed by atoms with van der Waals surface area (Å²) in [5.74, 6) is 0.397. The van der Waals surface area contributed by atoms with E-state index in [9.17, 15) is 4.79 Å². The molecular formula is C17H15BrClNO. The number of rotatable bonds is 3. The summed E-state index contributed by atoms with van der Waals surface area (Å²) in [7, 11) is 0. The molecule has 1 aliphatic carbocycles. The van der Waals surface area contributed by atoms with E-state index in [0.29, 0.717) is 5.92 Å². The van der Waals surface area contributed by atoms with Crippen molar-refractivity contribution in [2.24, 2.45) is 0 Å². The van der Waals surface area contributed by atoms with Crippen molar-refractivity contribution in [2.45, 2.75) is 25.3 Å². The molecule has 2 aromatic rings. The Morgan fingerprint density at radius 2 is 1.95 bits per heavy atom. The highest BCUT2D eigenvalue weighted by molar-refractivity contribution is 9.10. The van der Waals surface area contributed by atoms with Crippen LogP contribution in [0.15, 0.2) is 46.9 Å². The molecule has 1 N–H and O–H groups in total. The monoisotopic (exact) mass is 363 g/mol. The molecule has 1 saturated carbocycles. The fourth-order valence-corrected chi connectivity index (χ4v) is 3.00. The van der Waals surface area contributed by atoms with E-state index in [-0.39, 0.29) is 11.9 Å². The third-order valence-electron chi connectivity index (χ3n) is 3.85. The first-order valence-corrected chi connectivity index (χ1v) is 8.04. The number of carbonyl (C=O) groups excluding carboxylic acids is 1. The Morgan fingerprint density at radius 3 is 2.67 bits per heavy atom. The van der Waals surface area contributed by atoms with Crippen molar-refractivity contribution in [3.05, 3.63) is 68.7 Å². The molecule has 3 rings (SSSR count). The van der Waals surface area contributed by atoms with E-state index in [1.54, 1.807) is 0 Å². The van der Waals surface area contributed by atoms with E-state index in [2.05, 4.69) is 21.2 Å². The number of hydrogen-bond acceptors (Lipinski definition) is 1. The van der Waals surface area contributed by atoms with Crippen molar-refractivity contribution >= 4 is 33.4 Å². The summed E-state index contributed by atoms with van der Waals surface area (Å²) in [6, 6.07) is 13.8. The molecule has 1 amide bonds. The molecule has 1 aliphatic rings. The van der Waals surface area contributed by atoms with Crippen LogP contribution in [0.25, 0.3) is 0 Å². The van der Waals surface area contributed by atoms with E-state index in [1.807, 2.05) is 49.4 Å². The van der Waals surface area contributed by atoms with Crippen molar-refractivity contribution in [3.8, 4) is 0 Å². The maximum atomic E-state index is 12.3. The molecule has 0 aromatic heterocycles. The van der Waals surface area contributed by atoms with Crippen LogP contribution in [0.5, 0.6) is 0 Å². The molecule has 0 radical (unpaired) electrons. The molecule has 0 bridgehead atoms. The van der Waals surface area contributed by atoms with Crippen molar-refractivity contribution in [3.63, 3.8) is 0 Å². The minimum atomic E-state index is -0.00439. The molecule has 4 heteroatoms. The van der Waals surface area contributed by atoms with Gasteiger partial charge in [-0.25, -0.2) is 0 Å². The Labute approximate surface area is 137 Å². The SMILES string of the molecule is Cc1ccc(Br)cc1C(=O)N[C@@H]1C[C@H]1c1ccc(Cl)cc1. The standard InChI is InChI=1S/C17H15BrClNO/c1-10-2-5-12(18)8-14(10)17(21)20-16-9-15(16)11-3-6-13(19)7-4-11/h2-8,15-16H,9H2,1H3,(H,20,21)/t15-,16+/m0/s1. The molecule has 21 heavy (non-hydrogen) atoms. The average Bonchev–Trinajstić information content (AvgIpc) is 3.21. The Balaban J connectivity index is 1.67. The lowest BCUT2D eigenvalue weighted by atomic mass is 10.1. The quantitative estimate of drug-likeness (QED) is 0.840. The van der Waals surface area contributed by atoms with Gasteiger partial charge in [0.25, 0.3) is 5.91 Å². The predicted molar refractivity (Wildman–Crippen MR) is 88.9 cm³/mol. The summed E-state index contributed by atoms with van der Waals surface area (Å²) >= 11 is 9.30. The lowest BCUT2D eigenvalue weighted by molar-refractivity contribution is 0.0949. The lowest BCUT2D eigenvalue weighted by Gasteiger charge is -2.08. The second-order valence-corrected chi connectivity index (χ2v) is 6.79. The van der Waals surface area contributed by atoms with Gasteiger partial charge in [-0.15, -0.1) is 0 Å². The molecule has 2 atom stereocenters. The highest BCUT2D eigenvalue weighted by Gasteiger charge is 2.39. The van der Waals surface area contributed by atoms with Gasteiger partial charge in [0.05, 0.1) is 0 Å². The van der Waals surface area contributed by atoms with Crippen LogP contribution in [0.3, 0.4) is 0 Å². The minimum absolute atomic E-state index is 0.00439. The van der Waals surface area contributed by atoms with Crippen LogP contribution in [-0.2, 0) is 0 Å². The minimum Gasteiger partial charge on any atom is -0.349 e. The lowest BCUT2D eigenvalue weighted by Crippen LogP contribution is -2.27. The summed E-state index contributed by atoms with van der Waals surface area (Å²) in [6.07, 6.45) is 0.987. The summed E-state index contributed by atoms with van der Waals surface area (Å²) in [5, 5.41) is 3.85. The molecular weight excluding hydrogens is 350 g/mol. The normalized spacial score (nSPS) is 20.1. The Hall–Kier alpha value is -1.32. The third-order valence-corrected chi connectivity index (χ3v) is 4.59. The molecule has 0 aliphatic heterocycles. The number of nitrogens with one attached hydrogen (secondary N) is 1. The molecule has 2 nitrogen and oxygen atoms in total. The van der Waals surface area contributed by atoms with Gasteiger partial charge >= 0.3 is 0 Å². The van der Waals surface area contributed by atoms with Crippen LogP contribution in [0.4, 0.5) is 0 Å². The van der Waals surface area contributed by atoms with Gasteiger partial charge in [-0.1, -0.05) is 45.7 Å². The zero-order valence-electron chi connectivity index (χ0n) is 11.6. The summed E-state index contributed by atoms with van der Waals surface area (Å²) in [6.45, 7) is 1.95. The van der Waals surface area contributed by atoms with Crippen LogP contribution in [0.2, 0.25) is 5.02 Å². The third kappa shape index (κ3) is 3.30. The first-order valence-electron chi connectivity index (χ1n) is 6.87. The number of aryl methyl sites for hydroxylation is 1. The fourth-order valence-electron chi connectivity index (χ4n) is 2.52. The first kappa shape index (κ1) is 14.6. The van der Waals surface area contributed by atoms with Crippen molar-refractivity contribution in [1.29, 1.82) is 0 Å². The number of benzene rings is 2.